The summed E-state index contributed by atoms with van der Waals surface area (Å²) in [5, 5.41) is 3.10. The number of hydrogen-bond donors (Lipinski definition) is 1. The van der Waals surface area contributed by atoms with Crippen LogP contribution < -0.4 is 5.32 Å². The molecule has 1 saturated carbocycles. The van der Waals surface area contributed by atoms with E-state index in [2.05, 4.69) is 19.2 Å². The predicted octanol–water partition coefficient (Wildman–Crippen LogP) is 3.37. The summed E-state index contributed by atoms with van der Waals surface area (Å²) < 4.78 is 0. The number of carbonyl (C=O) groups excluding carboxylic acids is 1. The fourth-order valence-electron chi connectivity index (χ4n) is 2.24. The molecule has 2 nitrogen and oxygen atoms in total. The molecule has 1 atom stereocenters. The van der Waals surface area contributed by atoms with Crippen molar-refractivity contribution in [3.05, 3.63) is 0 Å². The molecule has 0 bridgehead atoms. The average Bonchev–Trinajstić information content (AvgIpc) is 2.26. The number of hydrogen-bond acceptors (Lipinski definition) is 1. The lowest BCUT2D eigenvalue weighted by Crippen LogP contribution is -2.39. The second-order valence-corrected chi connectivity index (χ2v) is 5.40. The zero-order chi connectivity index (χ0) is 11.3. The van der Waals surface area contributed by atoms with Crippen molar-refractivity contribution in [2.45, 2.75) is 59.3 Å². The molecule has 1 unspecified atom stereocenters. The third-order valence-corrected chi connectivity index (χ3v) is 3.81. The molecular formula is C13H27NO. The zero-order valence-electron chi connectivity index (χ0n) is 10.4. The number of nitrogens with one attached hydrogen (secondary N) is 1. The molecule has 1 fully saturated rings. The Morgan fingerprint density at radius 2 is 2.00 bits per heavy atom. The first kappa shape index (κ1) is 12.5. The van der Waals surface area contributed by atoms with Crippen LogP contribution in [0, 0.1) is 11.3 Å². The molecule has 1 rings (SSSR count). The Hall–Kier alpha value is -0.530. The summed E-state index contributed by atoms with van der Waals surface area (Å²) in [5.41, 5.74) is 0.362. The van der Waals surface area contributed by atoms with Crippen LogP contribution in [-0.4, -0.2) is 12.5 Å². The van der Waals surface area contributed by atoms with E-state index < -0.39 is 0 Å². The van der Waals surface area contributed by atoms with Crippen molar-refractivity contribution in [2.75, 3.05) is 6.54 Å². The van der Waals surface area contributed by atoms with Gasteiger partial charge < -0.3 is 5.32 Å². The summed E-state index contributed by atoms with van der Waals surface area (Å²) in [6.07, 6.45) is 7.50. The molecule has 90 valence electrons. The van der Waals surface area contributed by atoms with E-state index in [0.717, 1.165) is 13.0 Å². The molecule has 2 heteroatoms. The summed E-state index contributed by atoms with van der Waals surface area (Å²) in [4.78, 5) is 11.6. The summed E-state index contributed by atoms with van der Waals surface area (Å²) >= 11 is 0. The molecule has 0 aliphatic heterocycles. The maximum Gasteiger partial charge on any atom is 0.222 e. The summed E-state index contributed by atoms with van der Waals surface area (Å²) in [6.45, 7) is 7.24. The minimum absolute atomic E-state index is 0. The summed E-state index contributed by atoms with van der Waals surface area (Å²) in [5.74, 6) is 0.390. The van der Waals surface area contributed by atoms with Gasteiger partial charge in [-0.1, -0.05) is 40.0 Å². The van der Waals surface area contributed by atoms with Gasteiger partial charge in [0.1, 0.15) is 0 Å². The second kappa shape index (κ2) is 5.53. The monoisotopic (exact) mass is 213 g/mol. The third-order valence-electron chi connectivity index (χ3n) is 3.81. The van der Waals surface area contributed by atoms with Gasteiger partial charge in [0.25, 0.3) is 0 Å². The lowest BCUT2D eigenvalue weighted by molar-refractivity contribution is -0.125. The third kappa shape index (κ3) is 3.84. The minimum atomic E-state index is 0. The minimum Gasteiger partial charge on any atom is -0.355 e. The van der Waals surface area contributed by atoms with E-state index in [9.17, 15) is 4.79 Å². The van der Waals surface area contributed by atoms with E-state index in [-0.39, 0.29) is 13.3 Å². The Labute approximate surface area is 95.3 Å². The van der Waals surface area contributed by atoms with Crippen molar-refractivity contribution in [2.24, 2.45) is 11.3 Å². The van der Waals surface area contributed by atoms with E-state index >= 15 is 0 Å². The zero-order valence-corrected chi connectivity index (χ0v) is 10.4. The van der Waals surface area contributed by atoms with E-state index in [4.69, 9.17) is 0 Å². The Balaban J connectivity index is 0.00000225. The highest BCUT2D eigenvalue weighted by Gasteiger charge is 2.27. The topological polar surface area (TPSA) is 29.1 Å². The largest absolute Gasteiger partial charge is 0.355 e. The Morgan fingerprint density at radius 3 is 2.53 bits per heavy atom. The van der Waals surface area contributed by atoms with Gasteiger partial charge in [-0.3, -0.25) is 4.79 Å². The van der Waals surface area contributed by atoms with Gasteiger partial charge in [-0.05, 0) is 24.7 Å². The fourth-order valence-corrected chi connectivity index (χ4v) is 2.24. The van der Waals surface area contributed by atoms with Crippen molar-refractivity contribution in [1.29, 1.82) is 0 Å². The Morgan fingerprint density at radius 1 is 1.40 bits per heavy atom. The summed E-state index contributed by atoms with van der Waals surface area (Å²) in [7, 11) is 0. The molecule has 0 radical (unpaired) electrons. The Kier molecular flexibility index (Phi) is 4.62. The molecule has 0 heterocycles. The molecule has 0 aromatic carbocycles. The molecule has 15 heavy (non-hydrogen) atoms. The maximum atomic E-state index is 11.6. The smallest absolute Gasteiger partial charge is 0.222 e. The van der Waals surface area contributed by atoms with Crippen LogP contribution in [0.5, 0.6) is 0 Å². The molecule has 1 N–H and O–H groups in total. The van der Waals surface area contributed by atoms with Gasteiger partial charge in [-0.2, -0.15) is 0 Å². The van der Waals surface area contributed by atoms with Crippen molar-refractivity contribution in [3.8, 4) is 0 Å². The first-order chi connectivity index (χ1) is 7.07. The van der Waals surface area contributed by atoms with E-state index in [1.807, 2.05) is 6.92 Å². The van der Waals surface area contributed by atoms with Gasteiger partial charge in [-0.25, -0.2) is 0 Å². The SMILES string of the molecule is CCC(C)C(=O)NCC1(C)CCCCC1.[HH]. The molecule has 0 aromatic heterocycles. The standard InChI is InChI=1S/C13H25NO.H2/c1-4-11(2)12(15)14-10-13(3)8-6-5-7-9-13;/h11H,4-10H2,1-3H3,(H,14,15);1H. The van der Waals surface area contributed by atoms with Crippen molar-refractivity contribution in [3.63, 3.8) is 0 Å². The molecule has 0 aromatic rings. The van der Waals surface area contributed by atoms with Crippen LogP contribution in [0.2, 0.25) is 0 Å². The van der Waals surface area contributed by atoms with Crippen LogP contribution >= 0.6 is 0 Å². The van der Waals surface area contributed by atoms with Crippen LogP contribution in [0.25, 0.3) is 0 Å². The first-order valence-electron chi connectivity index (χ1n) is 6.35. The number of carbonyl (C=O) groups is 1. The van der Waals surface area contributed by atoms with Crippen LogP contribution in [0.15, 0.2) is 0 Å². The predicted molar refractivity (Wildman–Crippen MR) is 65.8 cm³/mol. The molecule has 1 aliphatic rings. The summed E-state index contributed by atoms with van der Waals surface area (Å²) in [6, 6.07) is 0. The van der Waals surface area contributed by atoms with Gasteiger partial charge in [0, 0.05) is 13.9 Å². The van der Waals surface area contributed by atoms with Gasteiger partial charge in [0.05, 0.1) is 0 Å². The lowest BCUT2D eigenvalue weighted by atomic mass is 9.75. The highest BCUT2D eigenvalue weighted by Crippen LogP contribution is 2.34. The highest BCUT2D eigenvalue weighted by atomic mass is 16.1. The normalized spacial score (nSPS) is 22.1. The van der Waals surface area contributed by atoms with Gasteiger partial charge >= 0.3 is 0 Å². The van der Waals surface area contributed by atoms with Crippen molar-refractivity contribution >= 4 is 5.91 Å². The highest BCUT2D eigenvalue weighted by molar-refractivity contribution is 5.78. The van der Waals surface area contributed by atoms with Crippen LogP contribution in [0.4, 0.5) is 0 Å². The van der Waals surface area contributed by atoms with Gasteiger partial charge in [0.2, 0.25) is 5.91 Å². The number of amides is 1. The van der Waals surface area contributed by atoms with Crippen molar-refractivity contribution < 1.29 is 6.22 Å². The molecule has 0 spiro atoms. The van der Waals surface area contributed by atoms with E-state index in [1.165, 1.54) is 32.1 Å². The molecule has 1 aliphatic carbocycles. The average molecular weight is 213 g/mol. The molecule has 1 amide bonds. The van der Waals surface area contributed by atoms with Gasteiger partial charge in [0.15, 0.2) is 0 Å². The fraction of sp³-hybridized carbons (Fsp3) is 0.923. The van der Waals surface area contributed by atoms with E-state index in [1.54, 1.807) is 0 Å². The Bertz CT molecular complexity index is 212. The quantitative estimate of drug-likeness (QED) is 0.762. The number of rotatable bonds is 4. The molecular weight excluding hydrogens is 186 g/mol. The van der Waals surface area contributed by atoms with Gasteiger partial charge in [-0.15, -0.1) is 0 Å². The molecule has 0 saturated heterocycles. The van der Waals surface area contributed by atoms with Crippen molar-refractivity contribution in [1.82, 2.24) is 5.32 Å². The first-order valence-corrected chi connectivity index (χ1v) is 6.35. The van der Waals surface area contributed by atoms with E-state index in [0.29, 0.717) is 5.41 Å². The second-order valence-electron chi connectivity index (χ2n) is 5.40. The van der Waals surface area contributed by atoms with Crippen LogP contribution in [-0.2, 0) is 4.79 Å². The lowest BCUT2D eigenvalue weighted by Gasteiger charge is -2.34. The maximum absolute atomic E-state index is 11.6. The van der Waals surface area contributed by atoms with Crippen LogP contribution in [0.3, 0.4) is 0 Å². The van der Waals surface area contributed by atoms with Crippen LogP contribution in [0.1, 0.15) is 60.7 Å².